The number of carbonyl (C=O) groups excluding carboxylic acids is 1. The lowest BCUT2D eigenvalue weighted by Gasteiger charge is -2.10. The highest BCUT2D eigenvalue weighted by Gasteiger charge is 2.09. The first kappa shape index (κ1) is 20.0. The maximum absolute atomic E-state index is 12.0. The molecule has 0 radical (unpaired) electrons. The molecule has 3 rings (SSSR count). The molecular weight excluding hydrogens is 399 g/mol. The van der Waals surface area contributed by atoms with Crippen LogP contribution in [0.3, 0.4) is 0 Å². The van der Waals surface area contributed by atoms with Gasteiger partial charge in [-0.3, -0.25) is 4.79 Å². The van der Waals surface area contributed by atoms with Crippen molar-refractivity contribution in [2.75, 3.05) is 31.3 Å². The number of nitrogens with one attached hydrogen (secondary N) is 2. The van der Waals surface area contributed by atoms with E-state index in [0.717, 1.165) is 5.69 Å². The Labute approximate surface area is 172 Å². The van der Waals surface area contributed by atoms with E-state index in [1.807, 2.05) is 19.0 Å². The number of carbonyl (C=O) groups is 1. The number of pyridine rings is 1. The molecule has 0 aliphatic heterocycles. The molecule has 0 saturated heterocycles. The molecule has 144 valence electrons. The predicted molar refractivity (Wildman–Crippen MR) is 113 cm³/mol. The van der Waals surface area contributed by atoms with E-state index in [1.54, 1.807) is 36.5 Å². The van der Waals surface area contributed by atoms with E-state index >= 15 is 0 Å². The first-order chi connectivity index (χ1) is 13.4. The second-order valence-electron chi connectivity index (χ2n) is 6.22. The van der Waals surface area contributed by atoms with Gasteiger partial charge in [0.25, 0.3) is 0 Å². The molecule has 2 heterocycles. The standard InChI is InChI=1S/C19H18Cl2N6O/c1-27(2)7-3-4-18(28)26-17-9-13-16(10-22-17)23-11-24-19(13)25-12-5-6-14(20)15(21)8-12/h3-6,8-11H,7H2,1-2H3,(H,22,26,28)(H,23,24,25). The van der Waals surface area contributed by atoms with Crippen molar-refractivity contribution in [3.63, 3.8) is 0 Å². The molecule has 0 unspecified atom stereocenters. The highest BCUT2D eigenvalue weighted by molar-refractivity contribution is 6.42. The Kier molecular flexibility index (Phi) is 6.41. The lowest BCUT2D eigenvalue weighted by molar-refractivity contribution is -0.111. The Morgan fingerprint density at radius 1 is 1.14 bits per heavy atom. The van der Waals surface area contributed by atoms with Gasteiger partial charge in [-0.2, -0.15) is 0 Å². The number of amides is 1. The lowest BCUT2D eigenvalue weighted by Crippen LogP contribution is -2.13. The molecule has 3 aromatic rings. The molecule has 0 spiro atoms. The summed E-state index contributed by atoms with van der Waals surface area (Å²) in [5.41, 5.74) is 1.36. The highest BCUT2D eigenvalue weighted by Crippen LogP contribution is 2.29. The van der Waals surface area contributed by atoms with Crippen LogP contribution < -0.4 is 10.6 Å². The van der Waals surface area contributed by atoms with E-state index in [1.165, 1.54) is 12.4 Å². The van der Waals surface area contributed by atoms with Crippen LogP contribution in [0.5, 0.6) is 0 Å². The summed E-state index contributed by atoms with van der Waals surface area (Å²) >= 11 is 12.0. The van der Waals surface area contributed by atoms with Crippen molar-refractivity contribution < 1.29 is 4.79 Å². The van der Waals surface area contributed by atoms with Crippen molar-refractivity contribution >= 4 is 57.3 Å². The molecular formula is C19H18Cl2N6O. The summed E-state index contributed by atoms with van der Waals surface area (Å²) in [4.78, 5) is 26.7. The number of fused-ring (bicyclic) bond motifs is 1. The fourth-order valence-electron chi connectivity index (χ4n) is 2.38. The molecule has 2 N–H and O–H groups in total. The van der Waals surface area contributed by atoms with Gasteiger partial charge in [0, 0.05) is 23.7 Å². The third-order valence-corrected chi connectivity index (χ3v) is 4.43. The number of anilines is 3. The average molecular weight is 417 g/mol. The van der Waals surface area contributed by atoms with Crippen LogP contribution in [0.2, 0.25) is 10.0 Å². The molecule has 9 heteroatoms. The summed E-state index contributed by atoms with van der Waals surface area (Å²) < 4.78 is 0. The average Bonchev–Trinajstić information content (AvgIpc) is 2.65. The molecule has 0 aliphatic carbocycles. The van der Waals surface area contributed by atoms with Gasteiger partial charge in [0.1, 0.15) is 18.0 Å². The zero-order valence-electron chi connectivity index (χ0n) is 15.3. The minimum absolute atomic E-state index is 0.260. The van der Waals surface area contributed by atoms with Gasteiger partial charge in [-0.25, -0.2) is 15.0 Å². The van der Waals surface area contributed by atoms with Crippen molar-refractivity contribution in [1.82, 2.24) is 19.9 Å². The van der Waals surface area contributed by atoms with Crippen molar-refractivity contribution in [2.24, 2.45) is 0 Å². The first-order valence-corrected chi connectivity index (χ1v) is 9.13. The number of hydrogen-bond donors (Lipinski definition) is 2. The lowest BCUT2D eigenvalue weighted by atomic mass is 10.2. The quantitative estimate of drug-likeness (QED) is 0.587. The maximum Gasteiger partial charge on any atom is 0.249 e. The predicted octanol–water partition coefficient (Wildman–Crippen LogP) is 4.13. The van der Waals surface area contributed by atoms with Gasteiger partial charge < -0.3 is 15.5 Å². The van der Waals surface area contributed by atoms with Crippen LogP contribution in [0.25, 0.3) is 10.9 Å². The monoisotopic (exact) mass is 416 g/mol. The van der Waals surface area contributed by atoms with Gasteiger partial charge in [-0.1, -0.05) is 29.3 Å². The van der Waals surface area contributed by atoms with Crippen LogP contribution in [-0.4, -0.2) is 46.4 Å². The first-order valence-electron chi connectivity index (χ1n) is 8.37. The molecule has 0 fully saturated rings. The van der Waals surface area contributed by atoms with Crippen molar-refractivity contribution in [1.29, 1.82) is 0 Å². The Morgan fingerprint density at radius 3 is 2.71 bits per heavy atom. The van der Waals surface area contributed by atoms with Crippen LogP contribution in [-0.2, 0) is 4.79 Å². The number of aromatic nitrogens is 3. The van der Waals surface area contributed by atoms with Crippen molar-refractivity contribution in [3.05, 3.63) is 59.0 Å². The summed E-state index contributed by atoms with van der Waals surface area (Å²) in [5, 5.41) is 7.53. The zero-order chi connectivity index (χ0) is 20.1. The highest BCUT2D eigenvalue weighted by atomic mass is 35.5. The fraction of sp³-hybridized carbons (Fsp3) is 0.158. The molecule has 2 aromatic heterocycles. The number of benzene rings is 1. The van der Waals surface area contributed by atoms with Crippen molar-refractivity contribution in [2.45, 2.75) is 0 Å². The SMILES string of the molecule is CN(C)CC=CC(=O)Nc1cc2c(Nc3ccc(Cl)c(Cl)c3)ncnc2cn1. The fourth-order valence-corrected chi connectivity index (χ4v) is 2.67. The summed E-state index contributed by atoms with van der Waals surface area (Å²) in [6.45, 7) is 0.671. The smallest absolute Gasteiger partial charge is 0.249 e. The van der Waals surface area contributed by atoms with Crippen LogP contribution in [0.4, 0.5) is 17.3 Å². The molecule has 1 amide bonds. The zero-order valence-corrected chi connectivity index (χ0v) is 16.8. The Hall–Kier alpha value is -2.74. The summed E-state index contributed by atoms with van der Waals surface area (Å²) in [6, 6.07) is 6.91. The van der Waals surface area contributed by atoms with Crippen molar-refractivity contribution in [3.8, 4) is 0 Å². The number of likely N-dealkylation sites (N-methyl/N-ethyl adjacent to an activating group) is 1. The largest absolute Gasteiger partial charge is 0.340 e. The minimum Gasteiger partial charge on any atom is -0.340 e. The van der Waals surface area contributed by atoms with Gasteiger partial charge in [-0.05, 0) is 38.4 Å². The molecule has 0 bridgehead atoms. The topological polar surface area (TPSA) is 83.0 Å². The van der Waals surface area contributed by atoms with Crippen LogP contribution >= 0.6 is 23.2 Å². The third kappa shape index (κ3) is 5.16. The van der Waals surface area contributed by atoms with Crippen LogP contribution in [0.15, 0.2) is 48.9 Å². The summed E-state index contributed by atoms with van der Waals surface area (Å²) in [5.74, 6) is 0.702. The second-order valence-corrected chi connectivity index (χ2v) is 7.03. The van der Waals surface area contributed by atoms with Crippen LogP contribution in [0, 0.1) is 0 Å². The maximum atomic E-state index is 12.0. The Morgan fingerprint density at radius 2 is 1.96 bits per heavy atom. The van der Waals surface area contributed by atoms with Gasteiger partial charge in [0.2, 0.25) is 5.91 Å². The van der Waals surface area contributed by atoms with Gasteiger partial charge in [-0.15, -0.1) is 0 Å². The normalized spacial score (nSPS) is 11.3. The Bertz CT molecular complexity index is 1040. The van der Waals surface area contributed by atoms with E-state index in [0.29, 0.717) is 39.1 Å². The molecule has 0 aliphatic rings. The van der Waals surface area contributed by atoms with Crippen LogP contribution in [0.1, 0.15) is 0 Å². The number of nitrogens with zero attached hydrogens (tertiary/aromatic N) is 4. The third-order valence-electron chi connectivity index (χ3n) is 3.70. The van der Waals surface area contributed by atoms with Gasteiger partial charge in [0.15, 0.2) is 0 Å². The number of rotatable bonds is 6. The Balaban J connectivity index is 1.84. The van der Waals surface area contributed by atoms with E-state index in [2.05, 4.69) is 25.6 Å². The van der Waals surface area contributed by atoms with Gasteiger partial charge in [0.05, 0.1) is 21.8 Å². The van der Waals surface area contributed by atoms with E-state index in [-0.39, 0.29) is 5.91 Å². The molecule has 28 heavy (non-hydrogen) atoms. The molecule has 0 atom stereocenters. The summed E-state index contributed by atoms with van der Waals surface area (Å²) in [6.07, 6.45) is 6.27. The molecule has 1 aromatic carbocycles. The van der Waals surface area contributed by atoms with Gasteiger partial charge >= 0.3 is 0 Å². The molecule has 0 saturated carbocycles. The number of hydrogen-bond acceptors (Lipinski definition) is 6. The summed E-state index contributed by atoms with van der Waals surface area (Å²) in [7, 11) is 3.85. The van der Waals surface area contributed by atoms with E-state index in [4.69, 9.17) is 23.2 Å². The second kappa shape index (κ2) is 8.97. The molecule has 7 nitrogen and oxygen atoms in total. The van der Waals surface area contributed by atoms with E-state index in [9.17, 15) is 4.79 Å². The minimum atomic E-state index is -0.260. The number of halogens is 2. The van der Waals surface area contributed by atoms with E-state index < -0.39 is 0 Å².